The minimum absolute atomic E-state index is 0.0539. The first kappa shape index (κ1) is 15.4. The maximum atomic E-state index is 12.1. The van der Waals surface area contributed by atoms with E-state index in [0.29, 0.717) is 24.6 Å². The predicted molar refractivity (Wildman–Crippen MR) is 90.4 cm³/mol. The summed E-state index contributed by atoms with van der Waals surface area (Å²) in [5.41, 5.74) is 1.99. The Hall–Kier alpha value is -2.47. The van der Waals surface area contributed by atoms with E-state index in [-0.39, 0.29) is 5.91 Å². The fourth-order valence-corrected chi connectivity index (χ4v) is 2.88. The summed E-state index contributed by atoms with van der Waals surface area (Å²) >= 11 is 1.54. The SMILES string of the molecule is CCc1ccccc1NC(=O)CCc1nnc(-c2cccs2)o1. The van der Waals surface area contributed by atoms with Gasteiger partial charge in [-0.3, -0.25) is 4.79 Å². The summed E-state index contributed by atoms with van der Waals surface area (Å²) in [6.07, 6.45) is 1.62. The molecule has 0 aliphatic heterocycles. The number of benzene rings is 1. The molecule has 0 spiro atoms. The van der Waals surface area contributed by atoms with Crippen LogP contribution in [-0.2, 0) is 17.6 Å². The molecule has 0 fully saturated rings. The highest BCUT2D eigenvalue weighted by atomic mass is 32.1. The number of anilines is 1. The summed E-state index contributed by atoms with van der Waals surface area (Å²) in [7, 11) is 0. The molecule has 3 rings (SSSR count). The van der Waals surface area contributed by atoms with Crippen LogP contribution in [0.15, 0.2) is 46.2 Å². The van der Waals surface area contributed by atoms with E-state index in [0.717, 1.165) is 22.5 Å². The molecular weight excluding hydrogens is 310 g/mol. The van der Waals surface area contributed by atoms with Crippen LogP contribution >= 0.6 is 11.3 Å². The first-order chi connectivity index (χ1) is 11.3. The number of para-hydroxylation sites is 1. The number of hydrogen-bond donors (Lipinski definition) is 1. The van der Waals surface area contributed by atoms with Gasteiger partial charge in [0.05, 0.1) is 4.88 Å². The third-order valence-electron chi connectivity index (χ3n) is 3.44. The van der Waals surface area contributed by atoms with Crippen molar-refractivity contribution in [1.29, 1.82) is 0 Å². The van der Waals surface area contributed by atoms with E-state index in [1.807, 2.05) is 41.8 Å². The number of hydrogen-bond acceptors (Lipinski definition) is 5. The molecule has 2 aromatic heterocycles. The minimum atomic E-state index is -0.0539. The van der Waals surface area contributed by atoms with Crippen molar-refractivity contribution in [2.45, 2.75) is 26.2 Å². The van der Waals surface area contributed by atoms with Gasteiger partial charge in [0.15, 0.2) is 0 Å². The molecule has 3 aromatic rings. The molecule has 0 saturated carbocycles. The van der Waals surface area contributed by atoms with Crippen molar-refractivity contribution in [3.05, 3.63) is 53.2 Å². The average molecular weight is 327 g/mol. The Morgan fingerprint density at radius 3 is 2.87 bits per heavy atom. The first-order valence-electron chi connectivity index (χ1n) is 7.50. The maximum absolute atomic E-state index is 12.1. The Labute approximate surface area is 138 Å². The highest BCUT2D eigenvalue weighted by molar-refractivity contribution is 7.13. The molecule has 23 heavy (non-hydrogen) atoms. The van der Waals surface area contributed by atoms with Crippen molar-refractivity contribution < 1.29 is 9.21 Å². The quantitative estimate of drug-likeness (QED) is 0.745. The predicted octanol–water partition coefficient (Wildman–Crippen LogP) is 3.93. The van der Waals surface area contributed by atoms with E-state index in [2.05, 4.69) is 22.4 Å². The van der Waals surface area contributed by atoms with E-state index in [4.69, 9.17) is 4.42 Å². The highest BCUT2D eigenvalue weighted by Gasteiger charge is 2.12. The monoisotopic (exact) mass is 327 g/mol. The third kappa shape index (κ3) is 3.84. The number of nitrogens with one attached hydrogen (secondary N) is 1. The van der Waals surface area contributed by atoms with E-state index < -0.39 is 0 Å². The summed E-state index contributed by atoms with van der Waals surface area (Å²) < 4.78 is 5.58. The normalized spacial score (nSPS) is 10.7. The molecule has 0 bridgehead atoms. The molecule has 1 amide bonds. The van der Waals surface area contributed by atoms with Gasteiger partial charge < -0.3 is 9.73 Å². The second kappa shape index (κ2) is 7.19. The number of amides is 1. The molecule has 6 heteroatoms. The summed E-state index contributed by atoms with van der Waals surface area (Å²) in [4.78, 5) is 13.0. The topological polar surface area (TPSA) is 68.0 Å². The van der Waals surface area contributed by atoms with Crippen molar-refractivity contribution in [2.24, 2.45) is 0 Å². The molecule has 118 valence electrons. The maximum Gasteiger partial charge on any atom is 0.257 e. The van der Waals surface area contributed by atoms with E-state index in [1.54, 1.807) is 11.3 Å². The Morgan fingerprint density at radius 2 is 2.09 bits per heavy atom. The van der Waals surface area contributed by atoms with Crippen LogP contribution in [0.3, 0.4) is 0 Å². The Kier molecular flexibility index (Phi) is 4.83. The van der Waals surface area contributed by atoms with Crippen LogP contribution in [0.5, 0.6) is 0 Å². The second-order valence-corrected chi connectivity index (χ2v) is 5.98. The van der Waals surface area contributed by atoms with Crippen LogP contribution in [-0.4, -0.2) is 16.1 Å². The Morgan fingerprint density at radius 1 is 1.22 bits per heavy atom. The lowest BCUT2D eigenvalue weighted by Gasteiger charge is -2.08. The van der Waals surface area contributed by atoms with Crippen LogP contribution < -0.4 is 5.32 Å². The van der Waals surface area contributed by atoms with Gasteiger partial charge in [0.25, 0.3) is 5.89 Å². The first-order valence-corrected chi connectivity index (χ1v) is 8.38. The van der Waals surface area contributed by atoms with Crippen LogP contribution in [0, 0.1) is 0 Å². The molecule has 0 saturated heterocycles. The van der Waals surface area contributed by atoms with Crippen LogP contribution in [0.4, 0.5) is 5.69 Å². The van der Waals surface area contributed by atoms with E-state index in [1.165, 1.54) is 0 Å². The lowest BCUT2D eigenvalue weighted by molar-refractivity contribution is -0.116. The number of carbonyl (C=O) groups excluding carboxylic acids is 1. The lowest BCUT2D eigenvalue weighted by atomic mass is 10.1. The molecule has 2 heterocycles. The summed E-state index contributed by atoms with van der Waals surface area (Å²) in [5.74, 6) is 0.931. The van der Waals surface area contributed by atoms with Gasteiger partial charge in [0, 0.05) is 18.5 Å². The van der Waals surface area contributed by atoms with Gasteiger partial charge in [-0.2, -0.15) is 0 Å². The van der Waals surface area contributed by atoms with Gasteiger partial charge in [-0.25, -0.2) is 0 Å². The summed E-state index contributed by atoms with van der Waals surface area (Å²) in [6, 6.07) is 11.7. The van der Waals surface area contributed by atoms with Gasteiger partial charge in [-0.1, -0.05) is 31.2 Å². The van der Waals surface area contributed by atoms with Gasteiger partial charge in [0.2, 0.25) is 11.8 Å². The van der Waals surface area contributed by atoms with Crippen LogP contribution in [0.2, 0.25) is 0 Å². The largest absolute Gasteiger partial charge is 0.420 e. The molecular formula is C17H17N3O2S. The van der Waals surface area contributed by atoms with Gasteiger partial charge in [-0.05, 0) is 29.5 Å². The molecule has 1 N–H and O–H groups in total. The minimum Gasteiger partial charge on any atom is -0.420 e. The molecule has 0 unspecified atom stereocenters. The van der Waals surface area contributed by atoms with E-state index in [9.17, 15) is 4.79 Å². The summed E-state index contributed by atoms with van der Waals surface area (Å²) in [5, 5.41) is 12.9. The van der Waals surface area contributed by atoms with Crippen molar-refractivity contribution in [2.75, 3.05) is 5.32 Å². The van der Waals surface area contributed by atoms with Gasteiger partial charge in [-0.15, -0.1) is 21.5 Å². The fourth-order valence-electron chi connectivity index (χ4n) is 2.24. The Bertz CT molecular complexity index is 781. The zero-order valence-electron chi connectivity index (χ0n) is 12.8. The molecule has 0 aliphatic carbocycles. The van der Waals surface area contributed by atoms with Crippen molar-refractivity contribution in [3.63, 3.8) is 0 Å². The number of nitrogens with zero attached hydrogens (tertiary/aromatic N) is 2. The Balaban J connectivity index is 1.57. The fraction of sp³-hybridized carbons (Fsp3) is 0.235. The zero-order valence-corrected chi connectivity index (χ0v) is 13.6. The zero-order chi connectivity index (χ0) is 16.1. The number of carbonyl (C=O) groups is 1. The van der Waals surface area contributed by atoms with Crippen LogP contribution in [0.1, 0.15) is 24.8 Å². The van der Waals surface area contributed by atoms with Crippen molar-refractivity contribution >= 4 is 22.9 Å². The number of thiophene rings is 1. The highest BCUT2D eigenvalue weighted by Crippen LogP contribution is 2.23. The standard InChI is InChI=1S/C17H17N3O2S/c1-2-12-6-3-4-7-13(12)18-15(21)9-10-16-19-20-17(22-16)14-8-5-11-23-14/h3-8,11H,2,9-10H2,1H3,(H,18,21). The lowest BCUT2D eigenvalue weighted by Crippen LogP contribution is -2.13. The summed E-state index contributed by atoms with van der Waals surface area (Å²) in [6.45, 7) is 2.07. The van der Waals surface area contributed by atoms with Crippen molar-refractivity contribution in [1.82, 2.24) is 10.2 Å². The smallest absolute Gasteiger partial charge is 0.257 e. The molecule has 0 aliphatic rings. The number of aromatic nitrogens is 2. The second-order valence-electron chi connectivity index (χ2n) is 5.04. The third-order valence-corrected chi connectivity index (χ3v) is 4.29. The molecule has 0 atom stereocenters. The molecule has 1 aromatic carbocycles. The van der Waals surface area contributed by atoms with Crippen LogP contribution in [0.25, 0.3) is 10.8 Å². The number of rotatable bonds is 6. The number of aryl methyl sites for hydroxylation is 2. The van der Waals surface area contributed by atoms with Gasteiger partial charge in [0.1, 0.15) is 0 Å². The van der Waals surface area contributed by atoms with E-state index >= 15 is 0 Å². The average Bonchev–Trinajstić information content (AvgIpc) is 3.24. The molecule has 0 radical (unpaired) electrons. The van der Waals surface area contributed by atoms with Crippen molar-refractivity contribution in [3.8, 4) is 10.8 Å². The molecule has 5 nitrogen and oxygen atoms in total. The van der Waals surface area contributed by atoms with Gasteiger partial charge >= 0.3 is 0 Å².